The third-order valence-electron chi connectivity index (χ3n) is 3.23. The maximum atomic E-state index is 12.3. The van der Waals surface area contributed by atoms with Crippen molar-refractivity contribution >= 4 is 40.6 Å². The Morgan fingerprint density at radius 1 is 1.42 bits per heavy atom. The predicted octanol–water partition coefficient (Wildman–Crippen LogP) is 1.27. The van der Waals surface area contributed by atoms with Crippen LogP contribution in [0.25, 0.3) is 6.08 Å². The van der Waals surface area contributed by atoms with Crippen molar-refractivity contribution in [3.8, 4) is 5.75 Å². The van der Waals surface area contributed by atoms with Gasteiger partial charge in [0.1, 0.15) is 6.04 Å². The molecule has 1 atom stereocenters. The van der Waals surface area contributed by atoms with Crippen LogP contribution in [0.15, 0.2) is 23.1 Å². The average Bonchev–Trinajstić information content (AvgIpc) is 2.81. The van der Waals surface area contributed by atoms with Crippen LogP contribution in [-0.2, 0) is 14.3 Å². The molecule has 0 aromatic heterocycles. The topological polar surface area (TPSA) is 130 Å². The van der Waals surface area contributed by atoms with E-state index >= 15 is 0 Å². The van der Waals surface area contributed by atoms with Gasteiger partial charge in [0, 0.05) is 6.07 Å². The molecule has 0 aliphatic carbocycles. The molecule has 126 valence electrons. The van der Waals surface area contributed by atoms with Gasteiger partial charge in [-0.2, -0.15) is 0 Å². The van der Waals surface area contributed by atoms with Crippen LogP contribution in [0.4, 0.5) is 10.5 Å². The van der Waals surface area contributed by atoms with E-state index in [4.69, 9.17) is 0 Å². The molecule has 1 heterocycles. The van der Waals surface area contributed by atoms with Crippen LogP contribution in [0.1, 0.15) is 12.5 Å². The van der Waals surface area contributed by atoms with Gasteiger partial charge in [-0.1, -0.05) is 12.1 Å². The molecule has 1 fully saturated rings. The van der Waals surface area contributed by atoms with Gasteiger partial charge >= 0.3 is 5.97 Å². The molecule has 0 saturated carbocycles. The third kappa shape index (κ3) is 3.23. The number of hydrogen-bond donors (Lipinski definition) is 0. The summed E-state index contributed by atoms with van der Waals surface area (Å²) < 4.78 is 4.51. The average molecular weight is 351 g/mol. The van der Waals surface area contributed by atoms with Crippen molar-refractivity contribution in [1.29, 1.82) is 0 Å². The van der Waals surface area contributed by atoms with E-state index in [1.54, 1.807) is 0 Å². The normalized spacial score (nSPS) is 17.2. The molecule has 0 N–H and O–H groups in total. The highest BCUT2D eigenvalue weighted by Crippen LogP contribution is 2.34. The van der Waals surface area contributed by atoms with Crippen molar-refractivity contribution in [3.05, 3.63) is 38.8 Å². The summed E-state index contributed by atoms with van der Waals surface area (Å²) in [6.07, 6.45) is 1.25. The number of nitrogens with zero attached hydrogens (tertiary/aromatic N) is 2. The zero-order valence-electron chi connectivity index (χ0n) is 12.5. The maximum Gasteiger partial charge on any atom is 0.328 e. The number of ether oxygens (including phenoxy) is 1. The van der Waals surface area contributed by atoms with Gasteiger partial charge in [0.05, 0.1) is 16.9 Å². The molecule has 0 bridgehead atoms. The third-order valence-corrected chi connectivity index (χ3v) is 4.11. The molecule has 0 radical (unpaired) electrons. The Hall–Kier alpha value is -2.88. The van der Waals surface area contributed by atoms with Gasteiger partial charge in [0.15, 0.2) is 0 Å². The molecule has 24 heavy (non-hydrogen) atoms. The molecule has 2 amide bonds. The largest absolute Gasteiger partial charge is 0.868 e. The first-order chi connectivity index (χ1) is 11.3. The minimum absolute atomic E-state index is 0.0105. The molecule has 1 aliphatic heterocycles. The van der Waals surface area contributed by atoms with Crippen LogP contribution in [0.3, 0.4) is 0 Å². The Balaban J connectivity index is 2.34. The number of nitro groups is 1. The molecule has 10 heteroatoms. The second-order valence-corrected chi connectivity index (χ2v) is 5.73. The summed E-state index contributed by atoms with van der Waals surface area (Å²) in [7, 11) is 1.14. The predicted molar refractivity (Wildman–Crippen MR) is 81.8 cm³/mol. The van der Waals surface area contributed by atoms with Gasteiger partial charge in [0.25, 0.3) is 16.8 Å². The van der Waals surface area contributed by atoms with Gasteiger partial charge in [-0.05, 0) is 36.1 Å². The van der Waals surface area contributed by atoms with Gasteiger partial charge < -0.3 is 9.84 Å². The fraction of sp³-hybridized carbons (Fsp3) is 0.214. The number of amides is 2. The fourth-order valence-corrected chi connectivity index (χ4v) is 2.92. The lowest BCUT2D eigenvalue weighted by Crippen LogP contribution is -2.42. The minimum Gasteiger partial charge on any atom is -0.868 e. The summed E-state index contributed by atoms with van der Waals surface area (Å²) in [5, 5.41) is 21.5. The van der Waals surface area contributed by atoms with Crippen LogP contribution in [0.2, 0.25) is 0 Å². The molecule has 0 spiro atoms. The van der Waals surface area contributed by atoms with Gasteiger partial charge in [-0.15, -0.1) is 0 Å². The number of esters is 1. The van der Waals surface area contributed by atoms with Gasteiger partial charge in [-0.25, -0.2) is 4.79 Å². The SMILES string of the molecule is COC(=O)[C@@H](C)N1C(=O)S/C(=C\c2ccc([O-])c([N+](=O)[O-])c2)C1=O. The Labute approximate surface area is 140 Å². The van der Waals surface area contributed by atoms with E-state index in [0.717, 1.165) is 24.1 Å². The Morgan fingerprint density at radius 3 is 2.67 bits per heavy atom. The van der Waals surface area contributed by atoms with Crippen molar-refractivity contribution in [2.45, 2.75) is 13.0 Å². The van der Waals surface area contributed by atoms with E-state index in [1.165, 1.54) is 19.1 Å². The second-order valence-electron chi connectivity index (χ2n) is 4.74. The van der Waals surface area contributed by atoms with Crippen LogP contribution < -0.4 is 5.11 Å². The first-order valence-electron chi connectivity index (χ1n) is 6.56. The van der Waals surface area contributed by atoms with E-state index in [9.17, 15) is 29.6 Å². The van der Waals surface area contributed by atoms with Crippen molar-refractivity contribution in [2.24, 2.45) is 0 Å². The van der Waals surface area contributed by atoms with Crippen molar-refractivity contribution in [1.82, 2.24) is 4.90 Å². The number of thioether (sulfide) groups is 1. The molecule has 1 aromatic rings. The van der Waals surface area contributed by atoms with E-state index in [1.807, 2.05) is 0 Å². The van der Waals surface area contributed by atoms with E-state index in [2.05, 4.69) is 4.74 Å². The molecular formula is C14H11N2O7S-. The monoisotopic (exact) mass is 351 g/mol. The number of hydrogen-bond acceptors (Lipinski definition) is 8. The standard InChI is InChI=1S/C14H12N2O7S/c1-7(13(19)23-2)15-12(18)11(24-14(15)20)6-8-3-4-10(17)9(5-8)16(21)22/h3-7,17H,1-2H3/p-1/b11-6-/t7-/m1/s1. The molecule has 0 unspecified atom stereocenters. The highest BCUT2D eigenvalue weighted by atomic mass is 32.2. The maximum absolute atomic E-state index is 12.3. The first-order valence-corrected chi connectivity index (χ1v) is 7.38. The zero-order valence-corrected chi connectivity index (χ0v) is 13.4. The number of rotatable bonds is 4. The second kappa shape index (κ2) is 6.71. The molecule has 1 aromatic carbocycles. The van der Waals surface area contributed by atoms with Crippen LogP contribution >= 0.6 is 11.8 Å². The summed E-state index contributed by atoms with van der Waals surface area (Å²) in [4.78, 5) is 46.4. The number of imide groups is 1. The minimum atomic E-state index is -1.09. The molecule has 9 nitrogen and oxygen atoms in total. The Bertz CT molecular complexity index is 774. The molecule has 1 aliphatic rings. The number of carbonyl (C=O) groups excluding carboxylic acids is 3. The number of methoxy groups -OCH3 is 1. The number of benzene rings is 1. The highest BCUT2D eigenvalue weighted by molar-refractivity contribution is 8.18. The number of carbonyl (C=O) groups is 3. The van der Waals surface area contributed by atoms with E-state index in [-0.39, 0.29) is 10.5 Å². The van der Waals surface area contributed by atoms with Crippen molar-refractivity contribution in [2.75, 3.05) is 7.11 Å². The van der Waals surface area contributed by atoms with E-state index < -0.39 is 39.5 Å². The van der Waals surface area contributed by atoms with Crippen LogP contribution in [0.5, 0.6) is 5.75 Å². The summed E-state index contributed by atoms with van der Waals surface area (Å²) >= 11 is 0.594. The van der Waals surface area contributed by atoms with Crippen molar-refractivity contribution in [3.63, 3.8) is 0 Å². The quantitative estimate of drug-likeness (QED) is 0.343. The van der Waals surface area contributed by atoms with Gasteiger partial charge in [0.2, 0.25) is 0 Å². The Kier molecular flexibility index (Phi) is 4.88. The lowest BCUT2D eigenvalue weighted by Gasteiger charge is -2.18. The highest BCUT2D eigenvalue weighted by Gasteiger charge is 2.41. The first kappa shape index (κ1) is 17.5. The lowest BCUT2D eigenvalue weighted by molar-refractivity contribution is -0.398. The van der Waals surface area contributed by atoms with Crippen molar-refractivity contribution < 1.29 is 29.2 Å². The fourth-order valence-electron chi connectivity index (χ4n) is 2.01. The summed E-state index contributed by atoms with van der Waals surface area (Å²) in [6, 6.07) is 2.23. The molecule has 1 saturated heterocycles. The van der Waals surface area contributed by atoms with Crippen LogP contribution in [-0.4, -0.2) is 40.1 Å². The zero-order chi connectivity index (χ0) is 18.0. The van der Waals surface area contributed by atoms with Gasteiger partial charge in [-0.3, -0.25) is 24.6 Å². The number of nitro benzene ring substituents is 1. The van der Waals surface area contributed by atoms with E-state index in [0.29, 0.717) is 11.8 Å². The Morgan fingerprint density at radius 2 is 2.08 bits per heavy atom. The summed E-state index contributed by atoms with van der Waals surface area (Å²) in [6.45, 7) is 1.35. The molecular weight excluding hydrogens is 340 g/mol. The lowest BCUT2D eigenvalue weighted by atomic mass is 10.1. The summed E-state index contributed by atoms with van der Waals surface area (Å²) in [5.41, 5.74) is -0.413. The summed E-state index contributed by atoms with van der Waals surface area (Å²) in [5.74, 6) is -2.22. The molecule has 2 rings (SSSR count). The smallest absolute Gasteiger partial charge is 0.328 e. The van der Waals surface area contributed by atoms with Crippen LogP contribution in [0, 0.1) is 10.1 Å².